The third-order valence-corrected chi connectivity index (χ3v) is 12.6. The Morgan fingerprint density at radius 2 is 0.954 bits per heavy atom. The van der Waals surface area contributed by atoms with Gasteiger partial charge in [-0.05, 0) is 77.9 Å². The van der Waals surface area contributed by atoms with E-state index in [0.717, 1.165) is 93.8 Å². The van der Waals surface area contributed by atoms with Crippen LogP contribution in [0.3, 0.4) is 0 Å². The molecule has 0 aliphatic heterocycles. The van der Waals surface area contributed by atoms with Crippen LogP contribution in [0.2, 0.25) is 0 Å². The molecule has 4 aromatic heterocycles. The maximum absolute atomic E-state index is 11.0. The largest absolute Gasteiger partial charge is 0.454 e. The van der Waals surface area contributed by atoms with E-state index >= 15 is 0 Å². The fourth-order valence-electron chi connectivity index (χ4n) is 9.63. The smallest absolute Gasteiger partial charge is 0.164 e. The molecule has 0 spiro atoms. The van der Waals surface area contributed by atoms with Crippen LogP contribution in [0, 0.1) is 11.3 Å². The molecular weight excluding hydrogens is 797 g/mol. The van der Waals surface area contributed by atoms with E-state index in [2.05, 4.69) is 130 Å². The van der Waals surface area contributed by atoms with Crippen LogP contribution in [0.15, 0.2) is 211 Å². The summed E-state index contributed by atoms with van der Waals surface area (Å²) >= 11 is 0. The molecule has 0 N–H and O–H groups in total. The lowest BCUT2D eigenvalue weighted by Gasteiger charge is -2.13. The highest BCUT2D eigenvalue weighted by Gasteiger charge is 2.23. The Morgan fingerprint density at radius 1 is 0.385 bits per heavy atom. The van der Waals surface area contributed by atoms with Crippen LogP contribution in [-0.2, 0) is 0 Å². The van der Waals surface area contributed by atoms with Gasteiger partial charge in [-0.15, -0.1) is 0 Å². The van der Waals surface area contributed by atoms with Crippen molar-refractivity contribution in [3.63, 3.8) is 0 Å². The molecule has 0 atom stereocenters. The molecule has 0 unspecified atom stereocenters. The minimum absolute atomic E-state index is 0.482. The lowest BCUT2D eigenvalue weighted by atomic mass is 10.0. The Bertz CT molecular complexity index is 4070. The van der Waals surface area contributed by atoms with Gasteiger partial charge in [-0.1, -0.05) is 140 Å². The second-order valence-corrected chi connectivity index (χ2v) is 16.3. The first-order chi connectivity index (χ1) is 32.2. The standard InChI is InChI=1S/C58H34N6O/c59-35-41-32-40(58-61-56(37-17-6-2-7-18-37)60-57(62-58)39-20-14-19-38(31-39)36-15-4-1-5-16-36)27-30-49(41)64-51-26-13-11-24-44(51)47-34-53-48(33-52(47)64)46-29-28-45-43-23-10-12-25-50(43)63(54(45)55(46)65-53)42-21-8-3-9-22-42/h1-34H. The van der Waals surface area contributed by atoms with Gasteiger partial charge in [0, 0.05) is 54.7 Å². The maximum Gasteiger partial charge on any atom is 0.164 e. The number of nitriles is 1. The third-order valence-electron chi connectivity index (χ3n) is 12.6. The molecule has 65 heavy (non-hydrogen) atoms. The molecule has 7 heteroatoms. The van der Waals surface area contributed by atoms with Gasteiger partial charge in [-0.25, -0.2) is 15.0 Å². The fraction of sp³-hybridized carbons (Fsp3) is 0. The summed E-state index contributed by atoms with van der Waals surface area (Å²) in [7, 11) is 0. The molecule has 4 heterocycles. The zero-order valence-electron chi connectivity index (χ0n) is 34.7. The van der Waals surface area contributed by atoms with Gasteiger partial charge < -0.3 is 13.6 Å². The van der Waals surface area contributed by atoms with E-state index in [9.17, 15) is 5.26 Å². The number of benzene rings is 9. The Morgan fingerprint density at radius 3 is 1.68 bits per heavy atom. The number of furan rings is 1. The highest BCUT2D eigenvalue weighted by molar-refractivity contribution is 6.24. The first-order valence-electron chi connectivity index (χ1n) is 21.6. The van der Waals surface area contributed by atoms with Crippen molar-refractivity contribution in [2.45, 2.75) is 0 Å². The molecule has 9 aromatic carbocycles. The number of hydrogen-bond acceptors (Lipinski definition) is 5. The van der Waals surface area contributed by atoms with Crippen LogP contribution < -0.4 is 0 Å². The van der Waals surface area contributed by atoms with E-state index in [0.29, 0.717) is 28.6 Å². The van der Waals surface area contributed by atoms with Crippen LogP contribution in [0.1, 0.15) is 5.56 Å². The molecule has 0 fully saturated rings. The Hall–Kier alpha value is -9.12. The second-order valence-electron chi connectivity index (χ2n) is 16.3. The van der Waals surface area contributed by atoms with Gasteiger partial charge in [0.15, 0.2) is 23.1 Å². The van der Waals surface area contributed by atoms with Gasteiger partial charge in [0.05, 0.1) is 33.3 Å². The first-order valence-corrected chi connectivity index (χ1v) is 21.6. The summed E-state index contributed by atoms with van der Waals surface area (Å²) in [6, 6.07) is 73.1. The average Bonchev–Trinajstić information content (AvgIpc) is 4.03. The zero-order chi connectivity index (χ0) is 43.0. The molecular formula is C58H34N6O. The minimum Gasteiger partial charge on any atom is -0.454 e. The Labute approximate surface area is 372 Å². The highest BCUT2D eigenvalue weighted by atomic mass is 16.3. The van der Waals surface area contributed by atoms with Crippen molar-refractivity contribution in [1.82, 2.24) is 24.1 Å². The first kappa shape index (κ1) is 36.5. The summed E-state index contributed by atoms with van der Waals surface area (Å²) in [5.41, 5.74) is 12.7. The second kappa shape index (κ2) is 14.5. The van der Waals surface area contributed by atoms with Crippen molar-refractivity contribution in [2.24, 2.45) is 0 Å². The van der Waals surface area contributed by atoms with E-state index < -0.39 is 0 Å². The normalized spacial score (nSPS) is 11.7. The van der Waals surface area contributed by atoms with Crippen molar-refractivity contribution in [3.8, 4) is 62.7 Å². The maximum atomic E-state index is 11.0. The average molecular weight is 831 g/mol. The quantitative estimate of drug-likeness (QED) is 0.167. The lowest BCUT2D eigenvalue weighted by molar-refractivity contribution is 0.671. The van der Waals surface area contributed by atoms with E-state index in [1.54, 1.807) is 0 Å². The number of fused-ring (bicyclic) bond motifs is 10. The number of hydrogen-bond donors (Lipinski definition) is 0. The van der Waals surface area contributed by atoms with Crippen molar-refractivity contribution in [3.05, 3.63) is 212 Å². The summed E-state index contributed by atoms with van der Waals surface area (Å²) in [6.45, 7) is 0. The molecule has 0 aliphatic rings. The van der Waals surface area contributed by atoms with Gasteiger partial charge in [0.2, 0.25) is 0 Å². The molecule has 0 saturated heterocycles. The number of para-hydroxylation sites is 3. The summed E-state index contributed by atoms with van der Waals surface area (Å²) in [6.07, 6.45) is 0. The van der Waals surface area contributed by atoms with E-state index in [1.807, 2.05) is 91.0 Å². The van der Waals surface area contributed by atoms with Crippen LogP contribution in [-0.4, -0.2) is 24.1 Å². The van der Waals surface area contributed by atoms with Crippen LogP contribution in [0.25, 0.3) is 122 Å². The third kappa shape index (κ3) is 5.78. The van der Waals surface area contributed by atoms with Crippen molar-refractivity contribution in [2.75, 3.05) is 0 Å². The fourth-order valence-corrected chi connectivity index (χ4v) is 9.63. The minimum atomic E-state index is 0.482. The number of rotatable bonds is 6. The molecule has 0 amide bonds. The van der Waals surface area contributed by atoms with Crippen LogP contribution >= 0.6 is 0 Å². The molecule has 0 saturated carbocycles. The molecule has 302 valence electrons. The van der Waals surface area contributed by atoms with Gasteiger partial charge in [-0.3, -0.25) is 0 Å². The molecule has 13 aromatic rings. The summed E-state index contributed by atoms with van der Waals surface area (Å²) < 4.78 is 11.5. The predicted molar refractivity (Wildman–Crippen MR) is 262 cm³/mol. The summed E-state index contributed by atoms with van der Waals surface area (Å²) in [5.74, 6) is 1.59. The van der Waals surface area contributed by atoms with Crippen molar-refractivity contribution < 1.29 is 4.42 Å². The predicted octanol–water partition coefficient (Wildman–Crippen LogP) is 14.5. The van der Waals surface area contributed by atoms with Crippen molar-refractivity contribution >= 4 is 65.6 Å². The monoisotopic (exact) mass is 830 g/mol. The van der Waals surface area contributed by atoms with E-state index in [4.69, 9.17) is 19.4 Å². The molecule has 13 rings (SSSR count). The Balaban J connectivity index is 0.997. The van der Waals surface area contributed by atoms with Gasteiger partial charge >= 0.3 is 0 Å². The van der Waals surface area contributed by atoms with Gasteiger partial charge in [0.1, 0.15) is 11.7 Å². The van der Waals surface area contributed by atoms with E-state index in [-0.39, 0.29) is 0 Å². The SMILES string of the molecule is N#Cc1cc(-c2nc(-c3ccccc3)nc(-c3cccc(-c4ccccc4)c3)n2)ccc1-n1c2ccccc2c2cc3oc4c(ccc5c6ccccc6n(-c6ccccc6)c54)c3cc21. The summed E-state index contributed by atoms with van der Waals surface area (Å²) in [5, 5.41) is 17.4. The molecule has 0 aliphatic carbocycles. The topological polar surface area (TPSA) is 85.5 Å². The summed E-state index contributed by atoms with van der Waals surface area (Å²) in [4.78, 5) is 15.1. The number of nitrogens with zero attached hydrogens (tertiary/aromatic N) is 6. The van der Waals surface area contributed by atoms with Gasteiger partial charge in [-0.2, -0.15) is 5.26 Å². The number of aromatic nitrogens is 5. The van der Waals surface area contributed by atoms with Crippen LogP contribution in [0.4, 0.5) is 0 Å². The molecule has 0 radical (unpaired) electrons. The van der Waals surface area contributed by atoms with E-state index in [1.165, 1.54) is 5.39 Å². The Kier molecular flexibility index (Phi) is 8.14. The van der Waals surface area contributed by atoms with Gasteiger partial charge in [0.25, 0.3) is 0 Å². The lowest BCUT2D eigenvalue weighted by Crippen LogP contribution is -2.02. The van der Waals surface area contributed by atoms with Crippen LogP contribution in [0.5, 0.6) is 0 Å². The highest BCUT2D eigenvalue weighted by Crippen LogP contribution is 2.43. The zero-order valence-corrected chi connectivity index (χ0v) is 34.7. The molecule has 7 nitrogen and oxygen atoms in total. The van der Waals surface area contributed by atoms with Crippen molar-refractivity contribution in [1.29, 1.82) is 5.26 Å². The molecule has 0 bridgehead atoms.